The Kier molecular flexibility index (Phi) is 9.72. The molecule has 1 aliphatic heterocycles. The van der Waals surface area contributed by atoms with E-state index in [9.17, 15) is 29.1 Å². The van der Waals surface area contributed by atoms with E-state index in [0.29, 0.717) is 31.3 Å². The molecule has 52 heavy (non-hydrogen) atoms. The van der Waals surface area contributed by atoms with Crippen molar-refractivity contribution in [3.05, 3.63) is 11.1 Å². The van der Waals surface area contributed by atoms with Gasteiger partial charge < -0.3 is 20.1 Å². The summed E-state index contributed by atoms with van der Waals surface area (Å²) in [6.07, 6.45) is 8.74. The van der Waals surface area contributed by atoms with E-state index in [0.717, 1.165) is 68.9 Å². The van der Waals surface area contributed by atoms with Crippen LogP contribution in [-0.2, 0) is 28.7 Å². The molecule has 8 atom stereocenters. The van der Waals surface area contributed by atoms with Gasteiger partial charge in [0.15, 0.2) is 5.78 Å². The summed E-state index contributed by atoms with van der Waals surface area (Å²) in [6, 6.07) is 0.00938. The number of carbonyl (C=O) groups is 5. The second-order valence-corrected chi connectivity index (χ2v) is 20.2. The van der Waals surface area contributed by atoms with Gasteiger partial charge in [0.1, 0.15) is 6.10 Å². The van der Waals surface area contributed by atoms with E-state index in [1.165, 1.54) is 0 Å². The minimum atomic E-state index is -1.17. The van der Waals surface area contributed by atoms with Crippen LogP contribution in [-0.4, -0.2) is 64.8 Å². The zero-order valence-electron chi connectivity index (χ0n) is 33.7. The van der Waals surface area contributed by atoms with Crippen LogP contribution in [0.4, 0.5) is 0 Å². The molecule has 5 aliphatic carbocycles. The molecular weight excluding hydrogens is 656 g/mol. The number of carboxylic acid groups (broad SMARTS) is 1. The zero-order chi connectivity index (χ0) is 38.4. The molecule has 1 saturated heterocycles. The Bertz CT molecular complexity index is 1550. The van der Waals surface area contributed by atoms with E-state index >= 15 is 0 Å². The monoisotopic (exact) mass is 722 g/mol. The number of rotatable bonds is 7. The van der Waals surface area contributed by atoms with Gasteiger partial charge in [-0.15, -0.1) is 0 Å². The highest BCUT2D eigenvalue weighted by atomic mass is 16.5. The van der Waals surface area contributed by atoms with Crippen molar-refractivity contribution in [1.82, 2.24) is 10.2 Å². The third kappa shape index (κ3) is 5.79. The average molecular weight is 723 g/mol. The lowest BCUT2D eigenvalue weighted by atomic mass is 9.33. The number of ether oxygens (including phenoxy) is 1. The van der Waals surface area contributed by atoms with Crippen molar-refractivity contribution < 1.29 is 33.8 Å². The lowest BCUT2D eigenvalue weighted by Crippen LogP contribution is -2.66. The van der Waals surface area contributed by atoms with Crippen molar-refractivity contribution >= 4 is 29.5 Å². The molecule has 6 aliphatic rings. The molecule has 9 nitrogen and oxygen atoms in total. The van der Waals surface area contributed by atoms with Gasteiger partial charge in [-0.25, -0.2) is 0 Å². The van der Waals surface area contributed by atoms with E-state index in [4.69, 9.17) is 4.74 Å². The minimum Gasteiger partial charge on any atom is -0.481 e. The first-order valence-electron chi connectivity index (χ1n) is 20.3. The molecule has 0 aromatic carbocycles. The molecule has 1 heterocycles. The number of fused-ring (bicyclic) bond motifs is 7. The summed E-state index contributed by atoms with van der Waals surface area (Å²) in [5, 5.41) is 13.0. The molecular formula is C43H66N2O7. The summed E-state index contributed by atoms with van der Waals surface area (Å²) < 4.78 is 6.15. The highest BCUT2D eigenvalue weighted by Crippen LogP contribution is 2.76. The molecule has 9 heteroatoms. The average Bonchev–Trinajstić information content (AvgIpc) is 3.36. The van der Waals surface area contributed by atoms with Crippen molar-refractivity contribution in [3.63, 3.8) is 0 Å². The molecule has 6 rings (SSSR count). The summed E-state index contributed by atoms with van der Waals surface area (Å²) in [6.45, 7) is 22.3. The fourth-order valence-electron chi connectivity index (χ4n) is 13.4. The predicted octanol–water partition coefficient (Wildman–Crippen LogP) is 7.51. The maximum Gasteiger partial charge on any atom is 0.309 e. The van der Waals surface area contributed by atoms with Gasteiger partial charge in [-0.05, 0) is 129 Å². The number of carbonyl (C=O) groups excluding carboxylic acids is 4. The van der Waals surface area contributed by atoms with E-state index in [1.807, 2.05) is 4.90 Å². The lowest BCUT2D eigenvalue weighted by molar-refractivity contribution is -0.233. The smallest absolute Gasteiger partial charge is 0.309 e. The van der Waals surface area contributed by atoms with Crippen LogP contribution in [0.5, 0.6) is 0 Å². The van der Waals surface area contributed by atoms with Crippen LogP contribution < -0.4 is 5.32 Å². The fraction of sp³-hybridized carbons (Fsp3) is 0.837. The number of hydrogen-bond acceptors (Lipinski definition) is 6. The van der Waals surface area contributed by atoms with Crippen molar-refractivity contribution in [2.45, 2.75) is 158 Å². The third-order valence-electron chi connectivity index (χ3n) is 16.5. The number of aliphatic carboxylic acids is 1. The number of allylic oxidation sites excluding steroid dienone is 1. The van der Waals surface area contributed by atoms with Crippen LogP contribution in [0.25, 0.3) is 0 Å². The number of nitrogens with zero attached hydrogens (tertiary/aromatic N) is 1. The summed E-state index contributed by atoms with van der Waals surface area (Å²) >= 11 is 0. The first-order valence-corrected chi connectivity index (χ1v) is 20.3. The number of nitrogens with one attached hydrogen (secondary N) is 1. The van der Waals surface area contributed by atoms with Gasteiger partial charge in [-0.2, -0.15) is 0 Å². The summed E-state index contributed by atoms with van der Waals surface area (Å²) in [4.78, 5) is 67.3. The Morgan fingerprint density at radius 1 is 0.885 bits per heavy atom. The van der Waals surface area contributed by atoms with Gasteiger partial charge in [0.25, 0.3) is 0 Å². The molecule has 290 valence electrons. The summed E-state index contributed by atoms with van der Waals surface area (Å²) in [5.74, 6) is -0.156. The molecule has 0 bridgehead atoms. The van der Waals surface area contributed by atoms with Gasteiger partial charge in [-0.1, -0.05) is 48.5 Å². The normalized spacial score (nSPS) is 38.9. The highest BCUT2D eigenvalue weighted by molar-refractivity contribution is 6.07. The Morgan fingerprint density at radius 2 is 1.54 bits per heavy atom. The number of Topliss-reactive ketones (excluding diaryl/α,β-unsaturated/α-hetero) is 1. The molecule has 4 saturated carbocycles. The Balaban J connectivity index is 1.27. The predicted molar refractivity (Wildman–Crippen MR) is 199 cm³/mol. The number of likely N-dealkylation sites (tertiary alicyclic amines) is 1. The quantitative estimate of drug-likeness (QED) is 0.260. The fourth-order valence-corrected chi connectivity index (χ4v) is 13.4. The van der Waals surface area contributed by atoms with E-state index < -0.39 is 22.8 Å². The van der Waals surface area contributed by atoms with Crippen LogP contribution in [0, 0.1) is 56.2 Å². The number of hydrogen-bond donors (Lipinski definition) is 2. The number of piperidine rings is 1. The van der Waals surface area contributed by atoms with Gasteiger partial charge in [0, 0.05) is 37.9 Å². The van der Waals surface area contributed by atoms with Crippen molar-refractivity contribution in [3.8, 4) is 0 Å². The summed E-state index contributed by atoms with van der Waals surface area (Å²) in [5.41, 5.74) is -0.184. The van der Waals surface area contributed by atoms with Gasteiger partial charge >= 0.3 is 11.9 Å². The number of ketones is 1. The lowest BCUT2D eigenvalue weighted by Gasteiger charge is -2.72. The van der Waals surface area contributed by atoms with Crippen LogP contribution in [0.1, 0.15) is 146 Å². The largest absolute Gasteiger partial charge is 0.481 e. The Hall–Kier alpha value is -2.71. The van der Waals surface area contributed by atoms with E-state index in [2.05, 4.69) is 53.8 Å². The van der Waals surface area contributed by atoms with Gasteiger partial charge in [-0.3, -0.25) is 24.0 Å². The molecule has 0 radical (unpaired) electrons. The standard InChI is InChI=1S/C43H66N2O7/c1-25(2)34-29(47)23-43(36(49)44-27-15-21-45(22-16-27)26(3)46)20-19-41(9)28(35(34)43)11-12-31-40(8)17-14-32(52-33(48)24-38(4,5)37(50)51)39(6,7)30(40)13-18-42(31,41)10/h25,27-28,30-32H,11-24H2,1-10H3,(H,44,49)(H,50,51)/t28-,30+,31-,32+,40+,41-,42-,43-/m1/s1. The van der Waals surface area contributed by atoms with E-state index in [1.54, 1.807) is 20.8 Å². The maximum atomic E-state index is 14.6. The molecule has 5 fully saturated rings. The molecule has 2 N–H and O–H groups in total. The van der Waals surface area contributed by atoms with Crippen molar-refractivity contribution in [2.24, 2.45) is 56.2 Å². The van der Waals surface area contributed by atoms with Crippen molar-refractivity contribution in [2.75, 3.05) is 13.1 Å². The Morgan fingerprint density at radius 3 is 2.13 bits per heavy atom. The number of carboxylic acids is 1. The third-order valence-corrected chi connectivity index (χ3v) is 16.5. The molecule has 2 amide bonds. The van der Waals surface area contributed by atoms with Crippen LogP contribution in [0.3, 0.4) is 0 Å². The first kappa shape index (κ1) is 39.0. The van der Waals surface area contributed by atoms with Crippen LogP contribution in [0.2, 0.25) is 0 Å². The number of amides is 2. The Labute approximate surface area is 311 Å². The van der Waals surface area contributed by atoms with E-state index in [-0.39, 0.29) is 76.1 Å². The molecule has 0 aromatic heterocycles. The zero-order valence-corrected chi connectivity index (χ0v) is 33.7. The van der Waals surface area contributed by atoms with Gasteiger partial charge in [0.2, 0.25) is 11.8 Å². The topological polar surface area (TPSA) is 130 Å². The molecule has 0 unspecified atom stereocenters. The highest BCUT2D eigenvalue weighted by Gasteiger charge is 2.71. The second-order valence-electron chi connectivity index (χ2n) is 20.2. The van der Waals surface area contributed by atoms with Crippen molar-refractivity contribution in [1.29, 1.82) is 0 Å². The van der Waals surface area contributed by atoms with Crippen LogP contribution in [0.15, 0.2) is 11.1 Å². The second kappa shape index (κ2) is 13.0. The molecule has 0 spiro atoms. The summed E-state index contributed by atoms with van der Waals surface area (Å²) in [7, 11) is 0. The minimum absolute atomic E-state index is 0.00908. The SMILES string of the molecule is CC(=O)N1CCC(NC(=O)[C@@]23CC[C@]4(C)[C@H](CC[C@@H]5[C@@]6(C)CC[C@H](OC(=O)CC(C)(C)C(=O)O)C(C)(C)[C@@H]6CC[C@]54C)C2=C(C(C)C)C(=O)C3)CC1. The number of esters is 1. The van der Waals surface area contributed by atoms with Gasteiger partial charge in [0.05, 0.1) is 17.3 Å². The molecule has 0 aromatic rings. The van der Waals surface area contributed by atoms with Crippen LogP contribution >= 0.6 is 0 Å². The first-order chi connectivity index (χ1) is 24.0. The maximum absolute atomic E-state index is 14.6.